The molecule has 5 nitrogen and oxygen atoms in total. The van der Waals surface area contributed by atoms with E-state index in [4.69, 9.17) is 4.74 Å². The van der Waals surface area contributed by atoms with Crippen molar-refractivity contribution in [2.45, 2.75) is 25.5 Å². The molecule has 0 aromatic heterocycles. The van der Waals surface area contributed by atoms with Crippen LogP contribution in [0.4, 0.5) is 4.79 Å². The summed E-state index contributed by atoms with van der Waals surface area (Å²) in [5.74, 6) is -0.367. The number of methoxy groups -OCH3 is 1. The van der Waals surface area contributed by atoms with Gasteiger partial charge in [0.05, 0.1) is 13.2 Å². The molecule has 1 aromatic rings. The van der Waals surface area contributed by atoms with Crippen LogP contribution in [-0.2, 0) is 20.7 Å². The zero-order valence-electron chi connectivity index (χ0n) is 10.3. The first-order chi connectivity index (χ1) is 8.61. The van der Waals surface area contributed by atoms with Crippen molar-refractivity contribution in [1.82, 2.24) is 5.32 Å². The van der Waals surface area contributed by atoms with Gasteiger partial charge in [-0.25, -0.2) is 4.79 Å². The maximum atomic E-state index is 11.3. The molecule has 2 atom stereocenters. The fraction of sp³-hybridized carbons (Fsp3) is 0.385. The zero-order valence-corrected chi connectivity index (χ0v) is 10.3. The third-order valence-corrected chi connectivity index (χ3v) is 2.95. The first-order valence-electron chi connectivity index (χ1n) is 5.71. The quantitative estimate of drug-likeness (QED) is 0.808. The molecule has 1 unspecified atom stereocenters. The lowest BCUT2D eigenvalue weighted by atomic mass is 10.1. The normalized spacial score (nSPS) is 21.0. The van der Waals surface area contributed by atoms with Crippen LogP contribution in [0.2, 0.25) is 0 Å². The summed E-state index contributed by atoms with van der Waals surface area (Å²) < 4.78 is 9.86. The Morgan fingerprint density at radius 2 is 2.06 bits per heavy atom. The monoisotopic (exact) mass is 249 g/mol. The molecule has 0 spiro atoms. The third kappa shape index (κ3) is 2.45. The highest BCUT2D eigenvalue weighted by Crippen LogP contribution is 2.34. The predicted molar refractivity (Wildman–Crippen MR) is 64.0 cm³/mol. The van der Waals surface area contributed by atoms with E-state index < -0.39 is 12.2 Å². The maximum Gasteiger partial charge on any atom is 0.407 e. The van der Waals surface area contributed by atoms with Gasteiger partial charge in [0.2, 0.25) is 0 Å². The summed E-state index contributed by atoms with van der Waals surface area (Å²) in [4.78, 5) is 22.4. The Morgan fingerprint density at radius 3 is 2.72 bits per heavy atom. The van der Waals surface area contributed by atoms with Crippen molar-refractivity contribution in [3.05, 3.63) is 35.4 Å². The molecule has 0 radical (unpaired) electrons. The highest BCUT2D eigenvalue weighted by atomic mass is 16.6. The van der Waals surface area contributed by atoms with Gasteiger partial charge in [0.15, 0.2) is 0 Å². The van der Waals surface area contributed by atoms with Crippen LogP contribution in [0.1, 0.15) is 24.2 Å². The number of fused-ring (bicyclic) bond motifs is 1. The second-order valence-electron chi connectivity index (χ2n) is 4.18. The van der Waals surface area contributed by atoms with Gasteiger partial charge in [-0.05, 0) is 17.5 Å². The summed E-state index contributed by atoms with van der Waals surface area (Å²) >= 11 is 0. The molecule has 5 heteroatoms. The van der Waals surface area contributed by atoms with Gasteiger partial charge in [-0.1, -0.05) is 24.3 Å². The van der Waals surface area contributed by atoms with Crippen LogP contribution in [0.25, 0.3) is 0 Å². The molecule has 96 valence electrons. The van der Waals surface area contributed by atoms with E-state index in [1.54, 1.807) is 0 Å². The van der Waals surface area contributed by atoms with Crippen molar-refractivity contribution < 1.29 is 19.1 Å². The van der Waals surface area contributed by atoms with Crippen LogP contribution in [0.5, 0.6) is 0 Å². The van der Waals surface area contributed by atoms with Gasteiger partial charge < -0.3 is 14.8 Å². The van der Waals surface area contributed by atoms with Crippen molar-refractivity contribution in [2.75, 3.05) is 7.11 Å². The van der Waals surface area contributed by atoms with Gasteiger partial charge in [-0.3, -0.25) is 4.79 Å². The molecule has 1 aliphatic carbocycles. The highest BCUT2D eigenvalue weighted by Gasteiger charge is 2.35. The molecule has 0 bridgehead atoms. The molecule has 18 heavy (non-hydrogen) atoms. The van der Waals surface area contributed by atoms with E-state index in [1.165, 1.54) is 14.0 Å². The SMILES string of the molecule is COC(=O)NC1Cc2ccccc2[C@@H]1OC(C)=O. The molecule has 1 amide bonds. The number of ether oxygens (including phenoxy) is 2. The number of nitrogens with one attached hydrogen (secondary N) is 1. The van der Waals surface area contributed by atoms with E-state index in [0.29, 0.717) is 6.42 Å². The first kappa shape index (κ1) is 12.4. The zero-order chi connectivity index (χ0) is 13.1. The molecule has 0 aliphatic heterocycles. The topological polar surface area (TPSA) is 64.6 Å². The number of hydrogen-bond acceptors (Lipinski definition) is 4. The Balaban J connectivity index is 2.22. The van der Waals surface area contributed by atoms with Crippen LogP contribution in [0.3, 0.4) is 0 Å². The van der Waals surface area contributed by atoms with Crippen molar-refractivity contribution in [2.24, 2.45) is 0 Å². The number of carbonyl (C=O) groups is 2. The summed E-state index contributed by atoms with van der Waals surface area (Å²) in [6.45, 7) is 1.36. The van der Waals surface area contributed by atoms with E-state index >= 15 is 0 Å². The number of esters is 1. The molecule has 1 aliphatic rings. The Morgan fingerprint density at radius 1 is 1.33 bits per heavy atom. The Bertz CT molecular complexity index is 472. The highest BCUT2D eigenvalue weighted by molar-refractivity contribution is 5.69. The molecule has 0 saturated carbocycles. The maximum absolute atomic E-state index is 11.3. The second kappa shape index (κ2) is 5.08. The summed E-state index contributed by atoms with van der Waals surface area (Å²) in [5, 5.41) is 2.69. The van der Waals surface area contributed by atoms with Crippen molar-refractivity contribution in [1.29, 1.82) is 0 Å². The van der Waals surface area contributed by atoms with Gasteiger partial charge >= 0.3 is 12.1 Å². The van der Waals surface area contributed by atoms with Gasteiger partial charge in [0.25, 0.3) is 0 Å². The van der Waals surface area contributed by atoms with E-state index in [0.717, 1.165) is 11.1 Å². The number of alkyl carbamates (subject to hydrolysis) is 1. The number of benzene rings is 1. The predicted octanol–water partition coefficient (Wildman–Crippen LogP) is 1.57. The summed E-state index contributed by atoms with van der Waals surface area (Å²) in [7, 11) is 1.30. The third-order valence-electron chi connectivity index (χ3n) is 2.95. The molecule has 1 aromatic carbocycles. The van der Waals surface area contributed by atoms with Crippen LogP contribution >= 0.6 is 0 Å². The lowest BCUT2D eigenvalue weighted by Crippen LogP contribution is -2.39. The van der Waals surface area contributed by atoms with E-state index in [2.05, 4.69) is 10.1 Å². The number of rotatable bonds is 2. The van der Waals surface area contributed by atoms with E-state index in [9.17, 15) is 9.59 Å². The van der Waals surface area contributed by atoms with Crippen LogP contribution in [0.15, 0.2) is 24.3 Å². The van der Waals surface area contributed by atoms with E-state index in [1.807, 2.05) is 24.3 Å². The van der Waals surface area contributed by atoms with Gasteiger partial charge in [0, 0.05) is 6.92 Å². The molecule has 0 fully saturated rings. The molecule has 1 N–H and O–H groups in total. The minimum Gasteiger partial charge on any atom is -0.455 e. The molecule has 2 rings (SSSR count). The largest absolute Gasteiger partial charge is 0.455 e. The minimum absolute atomic E-state index is 0.279. The van der Waals surface area contributed by atoms with Crippen molar-refractivity contribution in [3.8, 4) is 0 Å². The van der Waals surface area contributed by atoms with Gasteiger partial charge in [-0.2, -0.15) is 0 Å². The lowest BCUT2D eigenvalue weighted by molar-refractivity contribution is -0.147. The fourth-order valence-electron chi connectivity index (χ4n) is 2.22. The number of amides is 1. The molecular weight excluding hydrogens is 234 g/mol. The first-order valence-corrected chi connectivity index (χ1v) is 5.71. The minimum atomic E-state index is -0.523. The summed E-state index contributed by atoms with van der Waals surface area (Å²) in [6.07, 6.45) is -0.341. The van der Waals surface area contributed by atoms with E-state index in [-0.39, 0.29) is 12.0 Å². The average Bonchev–Trinajstić information content (AvgIpc) is 2.67. The van der Waals surface area contributed by atoms with Crippen LogP contribution in [0, 0.1) is 0 Å². The average molecular weight is 249 g/mol. The fourth-order valence-corrected chi connectivity index (χ4v) is 2.22. The second-order valence-corrected chi connectivity index (χ2v) is 4.18. The van der Waals surface area contributed by atoms with Crippen molar-refractivity contribution >= 4 is 12.1 Å². The Hall–Kier alpha value is -2.04. The van der Waals surface area contributed by atoms with Crippen LogP contribution < -0.4 is 5.32 Å². The summed E-state index contributed by atoms with van der Waals surface area (Å²) in [6, 6.07) is 7.39. The van der Waals surface area contributed by atoms with Crippen LogP contribution in [-0.4, -0.2) is 25.2 Å². The standard InChI is InChI=1S/C13H15NO4/c1-8(15)18-12-10-6-4-3-5-9(10)7-11(12)14-13(16)17-2/h3-6,11-12H,7H2,1-2H3,(H,14,16)/t11?,12-/m0/s1. The Labute approximate surface area is 105 Å². The summed E-state index contributed by atoms with van der Waals surface area (Å²) in [5.41, 5.74) is 2.01. The lowest BCUT2D eigenvalue weighted by Gasteiger charge is -2.20. The number of carbonyl (C=O) groups excluding carboxylic acids is 2. The van der Waals surface area contributed by atoms with Gasteiger partial charge in [-0.15, -0.1) is 0 Å². The molecular formula is C13H15NO4. The smallest absolute Gasteiger partial charge is 0.407 e. The van der Waals surface area contributed by atoms with Crippen molar-refractivity contribution in [3.63, 3.8) is 0 Å². The van der Waals surface area contributed by atoms with Gasteiger partial charge in [0.1, 0.15) is 6.10 Å². The Kier molecular flexibility index (Phi) is 3.50. The molecule has 0 saturated heterocycles. The molecule has 0 heterocycles. The number of hydrogen-bond donors (Lipinski definition) is 1.